The van der Waals surface area contributed by atoms with Gasteiger partial charge in [-0.05, 0) is 24.6 Å². The lowest BCUT2D eigenvalue weighted by Gasteiger charge is -2.13. The predicted molar refractivity (Wildman–Crippen MR) is 107 cm³/mol. The zero-order valence-corrected chi connectivity index (χ0v) is 16.1. The van der Waals surface area contributed by atoms with Crippen LogP contribution in [0.3, 0.4) is 0 Å². The minimum Gasteiger partial charge on any atom is -0.350 e. The molecule has 27 heavy (non-hydrogen) atoms. The lowest BCUT2D eigenvalue weighted by molar-refractivity contribution is -0.119. The van der Waals surface area contributed by atoms with E-state index in [-0.39, 0.29) is 17.7 Å². The highest BCUT2D eigenvalue weighted by Gasteiger charge is 2.12. The van der Waals surface area contributed by atoms with Crippen molar-refractivity contribution in [1.29, 1.82) is 0 Å². The first kappa shape index (κ1) is 18.9. The second kappa shape index (κ2) is 8.68. The van der Waals surface area contributed by atoms with Crippen LogP contribution in [0.5, 0.6) is 0 Å². The number of ketones is 1. The molecule has 0 unspecified atom stereocenters. The maximum atomic E-state index is 12.5. The van der Waals surface area contributed by atoms with Gasteiger partial charge < -0.3 is 5.32 Å². The third-order valence-corrected chi connectivity index (χ3v) is 5.09. The molecule has 0 radical (unpaired) electrons. The molecule has 0 aliphatic rings. The summed E-state index contributed by atoms with van der Waals surface area (Å²) in [5, 5.41) is 3.62. The maximum absolute atomic E-state index is 12.5. The molecule has 1 atom stereocenters. The third kappa shape index (κ3) is 4.86. The minimum absolute atomic E-state index is 0.0429. The van der Waals surface area contributed by atoms with E-state index in [1.54, 1.807) is 18.3 Å². The average molecular weight is 379 g/mol. The molecule has 0 aliphatic heterocycles. The topological polar surface area (TPSA) is 64.0 Å². The molecular weight excluding hydrogens is 358 g/mol. The number of rotatable bonds is 7. The molecule has 138 valence electrons. The van der Waals surface area contributed by atoms with E-state index in [4.69, 9.17) is 0 Å². The molecular formula is C21H21N3O2S. The van der Waals surface area contributed by atoms with Crippen LogP contribution in [0.4, 0.5) is 0 Å². The first-order valence-electron chi connectivity index (χ1n) is 8.66. The molecule has 5 nitrogen and oxygen atoms in total. The van der Waals surface area contributed by atoms with Gasteiger partial charge in [0.25, 0.3) is 0 Å². The van der Waals surface area contributed by atoms with Gasteiger partial charge >= 0.3 is 0 Å². The van der Waals surface area contributed by atoms with Crippen LogP contribution in [0.15, 0.2) is 72.1 Å². The highest BCUT2D eigenvalue weighted by molar-refractivity contribution is 7.99. The molecule has 1 amide bonds. The van der Waals surface area contributed by atoms with Crippen LogP contribution in [0, 0.1) is 0 Å². The summed E-state index contributed by atoms with van der Waals surface area (Å²) < 4.78 is 1.97. The Morgan fingerprint density at radius 3 is 2.48 bits per heavy atom. The molecule has 0 fully saturated rings. The summed E-state index contributed by atoms with van der Waals surface area (Å²) in [7, 11) is 0. The Hall–Kier alpha value is -2.86. The number of para-hydroxylation sites is 1. The van der Waals surface area contributed by atoms with Crippen LogP contribution in [0.1, 0.15) is 35.8 Å². The van der Waals surface area contributed by atoms with Crippen molar-refractivity contribution in [1.82, 2.24) is 14.9 Å². The van der Waals surface area contributed by atoms with Gasteiger partial charge in [0, 0.05) is 30.6 Å². The molecule has 3 aromatic rings. The largest absolute Gasteiger partial charge is 0.350 e. The number of thioether (sulfide) groups is 1. The maximum Gasteiger partial charge on any atom is 0.217 e. The molecule has 0 saturated heterocycles. The van der Waals surface area contributed by atoms with Crippen molar-refractivity contribution in [2.24, 2.45) is 0 Å². The van der Waals surface area contributed by atoms with Gasteiger partial charge in [0.05, 0.1) is 11.8 Å². The van der Waals surface area contributed by atoms with Gasteiger partial charge in [-0.2, -0.15) is 0 Å². The second-order valence-corrected chi connectivity index (χ2v) is 7.11. The lowest BCUT2D eigenvalue weighted by Crippen LogP contribution is -2.23. The summed E-state index contributed by atoms with van der Waals surface area (Å²) in [6.45, 7) is 3.41. The normalized spacial score (nSPS) is 11.8. The Morgan fingerprint density at radius 1 is 1.11 bits per heavy atom. The number of benzene rings is 2. The molecule has 2 aromatic carbocycles. The summed E-state index contributed by atoms with van der Waals surface area (Å²) in [6.07, 6.45) is 3.62. The van der Waals surface area contributed by atoms with Crippen molar-refractivity contribution in [3.05, 3.63) is 78.1 Å². The molecule has 1 N–H and O–H groups in total. The second-order valence-electron chi connectivity index (χ2n) is 6.17. The first-order valence-corrected chi connectivity index (χ1v) is 9.65. The summed E-state index contributed by atoms with van der Waals surface area (Å²) >= 11 is 1.42. The van der Waals surface area contributed by atoms with Crippen molar-refractivity contribution < 1.29 is 9.59 Å². The number of amides is 1. The number of Topliss-reactive ketones (excluding diaryl/α,β-unsaturated/α-hetero) is 1. The van der Waals surface area contributed by atoms with Crippen LogP contribution in [-0.4, -0.2) is 27.0 Å². The summed E-state index contributed by atoms with van der Waals surface area (Å²) in [5.41, 5.74) is 2.63. The number of nitrogens with one attached hydrogen (secondary N) is 1. The van der Waals surface area contributed by atoms with E-state index in [1.165, 1.54) is 18.7 Å². The van der Waals surface area contributed by atoms with Crippen LogP contribution in [0.2, 0.25) is 0 Å². The van der Waals surface area contributed by atoms with Crippen molar-refractivity contribution in [2.75, 3.05) is 5.75 Å². The Kier molecular flexibility index (Phi) is 6.08. The molecule has 6 heteroatoms. The van der Waals surface area contributed by atoms with Gasteiger partial charge in [0.1, 0.15) is 0 Å². The number of imidazole rings is 1. The molecule has 0 bridgehead atoms. The SMILES string of the molecule is CC(=O)N[C@@H](C)c1ccc(C(=O)CSc2nccn2-c2ccccc2)cc1. The van der Waals surface area contributed by atoms with E-state index in [9.17, 15) is 9.59 Å². The van der Waals surface area contributed by atoms with E-state index in [1.807, 2.05) is 60.2 Å². The summed E-state index contributed by atoms with van der Waals surface area (Å²) in [4.78, 5) is 28.0. The van der Waals surface area contributed by atoms with Gasteiger partial charge in [-0.1, -0.05) is 54.2 Å². The fourth-order valence-corrected chi connectivity index (χ4v) is 3.61. The molecule has 0 saturated carbocycles. The highest BCUT2D eigenvalue weighted by atomic mass is 32.2. The molecule has 3 rings (SSSR count). The standard InChI is InChI=1S/C21H21N3O2S/c1-15(23-16(2)25)17-8-10-18(11-9-17)20(26)14-27-21-22-12-13-24(21)19-6-4-3-5-7-19/h3-13,15H,14H2,1-2H3,(H,23,25)/t15-/m0/s1. The van der Waals surface area contributed by atoms with E-state index in [2.05, 4.69) is 10.3 Å². The van der Waals surface area contributed by atoms with Gasteiger partial charge in [0.2, 0.25) is 5.91 Å². The quantitative estimate of drug-likeness (QED) is 0.497. The van der Waals surface area contributed by atoms with E-state index in [0.29, 0.717) is 11.3 Å². The van der Waals surface area contributed by atoms with Crippen LogP contribution in [-0.2, 0) is 4.79 Å². The van der Waals surface area contributed by atoms with Crippen LogP contribution < -0.4 is 5.32 Å². The number of nitrogens with zero attached hydrogens (tertiary/aromatic N) is 2. The summed E-state index contributed by atoms with van der Waals surface area (Å²) in [6, 6.07) is 17.2. The van der Waals surface area contributed by atoms with Crippen molar-refractivity contribution >= 4 is 23.5 Å². The van der Waals surface area contributed by atoms with Crippen LogP contribution in [0.25, 0.3) is 5.69 Å². The Balaban J connectivity index is 1.64. The predicted octanol–water partition coefficient (Wildman–Crippen LogP) is 4.04. The van der Waals surface area contributed by atoms with E-state index < -0.39 is 0 Å². The van der Waals surface area contributed by atoms with E-state index >= 15 is 0 Å². The third-order valence-electron chi connectivity index (χ3n) is 4.13. The number of hydrogen-bond acceptors (Lipinski definition) is 4. The van der Waals surface area contributed by atoms with Gasteiger partial charge in [-0.15, -0.1) is 0 Å². The zero-order chi connectivity index (χ0) is 19.2. The number of hydrogen-bond donors (Lipinski definition) is 1. The highest BCUT2D eigenvalue weighted by Crippen LogP contribution is 2.22. The lowest BCUT2D eigenvalue weighted by atomic mass is 10.0. The molecule has 1 heterocycles. The minimum atomic E-state index is -0.0839. The fourth-order valence-electron chi connectivity index (χ4n) is 2.74. The van der Waals surface area contributed by atoms with Gasteiger partial charge in [0.15, 0.2) is 10.9 Å². The summed E-state index contributed by atoms with van der Waals surface area (Å²) in [5.74, 6) is 0.277. The number of carbonyl (C=O) groups is 2. The number of aromatic nitrogens is 2. The molecule has 0 aliphatic carbocycles. The van der Waals surface area contributed by atoms with Crippen molar-refractivity contribution in [3.63, 3.8) is 0 Å². The monoisotopic (exact) mass is 379 g/mol. The Bertz CT molecular complexity index is 920. The van der Waals surface area contributed by atoms with Gasteiger partial charge in [-0.3, -0.25) is 14.2 Å². The van der Waals surface area contributed by atoms with Crippen molar-refractivity contribution in [3.8, 4) is 5.69 Å². The Labute approximate surface area is 162 Å². The van der Waals surface area contributed by atoms with Crippen molar-refractivity contribution in [2.45, 2.75) is 25.0 Å². The first-order chi connectivity index (χ1) is 13.0. The molecule has 0 spiro atoms. The Morgan fingerprint density at radius 2 is 1.81 bits per heavy atom. The zero-order valence-electron chi connectivity index (χ0n) is 15.3. The van der Waals surface area contributed by atoms with E-state index in [0.717, 1.165) is 16.4 Å². The fraction of sp³-hybridized carbons (Fsp3) is 0.190. The smallest absolute Gasteiger partial charge is 0.217 e. The molecule has 1 aromatic heterocycles. The average Bonchev–Trinajstić information content (AvgIpc) is 3.15. The van der Waals surface area contributed by atoms with Gasteiger partial charge in [-0.25, -0.2) is 4.98 Å². The number of carbonyl (C=O) groups excluding carboxylic acids is 2. The van der Waals surface area contributed by atoms with Crippen LogP contribution >= 0.6 is 11.8 Å².